The highest BCUT2D eigenvalue weighted by Crippen LogP contribution is 2.45. The van der Waals surface area contributed by atoms with Gasteiger partial charge in [-0.15, -0.1) is 0 Å². The molecule has 3 aromatic rings. The number of ether oxygens (including phenoxy) is 4. The number of carbonyl (C=O) groups is 1. The zero-order valence-corrected chi connectivity index (χ0v) is 17.5. The van der Waals surface area contributed by atoms with Gasteiger partial charge in [0.25, 0.3) is 0 Å². The summed E-state index contributed by atoms with van der Waals surface area (Å²) in [6, 6.07) is 21.2. The lowest BCUT2D eigenvalue weighted by Gasteiger charge is -2.27. The molecule has 0 saturated heterocycles. The van der Waals surface area contributed by atoms with Crippen molar-refractivity contribution in [2.24, 2.45) is 5.73 Å². The van der Waals surface area contributed by atoms with Crippen LogP contribution in [-0.2, 0) is 0 Å². The van der Waals surface area contributed by atoms with E-state index < -0.39 is 11.9 Å². The summed E-state index contributed by atoms with van der Waals surface area (Å²) in [4.78, 5) is 12.4. The second-order valence-electron chi connectivity index (χ2n) is 6.99. The van der Waals surface area contributed by atoms with E-state index >= 15 is 0 Å². The van der Waals surface area contributed by atoms with Crippen LogP contribution in [0.1, 0.15) is 27.4 Å². The number of methoxy groups -OCH3 is 2. The zero-order chi connectivity index (χ0) is 22.7. The number of allylic oxidation sites excluding steroid dienone is 1. The molecule has 32 heavy (non-hydrogen) atoms. The first kappa shape index (κ1) is 20.8. The molecule has 0 amide bonds. The standard InChI is InChI=1S/C25H20N2O5/c1-29-20-11-8-16(12-22(20)30-2)23-18-10-9-17(13-21(18)32-24(27)19(23)14-26)31-25(28)15-6-4-3-5-7-15/h3-13,23H,27H2,1-2H3/t23-/m1/s1. The third-order valence-corrected chi connectivity index (χ3v) is 5.15. The summed E-state index contributed by atoms with van der Waals surface area (Å²) >= 11 is 0. The number of rotatable bonds is 5. The van der Waals surface area contributed by atoms with E-state index in [0.29, 0.717) is 34.1 Å². The van der Waals surface area contributed by atoms with Crippen LogP contribution in [0.4, 0.5) is 0 Å². The average Bonchev–Trinajstić information content (AvgIpc) is 2.83. The van der Waals surface area contributed by atoms with Gasteiger partial charge in [-0.05, 0) is 35.9 Å². The van der Waals surface area contributed by atoms with Crippen molar-refractivity contribution in [2.75, 3.05) is 14.2 Å². The first-order chi connectivity index (χ1) is 15.5. The van der Waals surface area contributed by atoms with Crippen LogP contribution in [0, 0.1) is 11.3 Å². The number of benzene rings is 3. The van der Waals surface area contributed by atoms with Gasteiger partial charge in [0.05, 0.1) is 25.7 Å². The van der Waals surface area contributed by atoms with Crippen molar-refractivity contribution >= 4 is 5.97 Å². The van der Waals surface area contributed by atoms with E-state index in [1.54, 1.807) is 68.8 Å². The summed E-state index contributed by atoms with van der Waals surface area (Å²) in [7, 11) is 3.10. The number of nitriles is 1. The lowest BCUT2D eigenvalue weighted by molar-refractivity contribution is 0.0734. The van der Waals surface area contributed by atoms with E-state index in [4.69, 9.17) is 24.7 Å². The molecule has 1 aliphatic rings. The molecule has 3 aromatic carbocycles. The molecule has 0 radical (unpaired) electrons. The molecular weight excluding hydrogens is 408 g/mol. The van der Waals surface area contributed by atoms with Crippen molar-refractivity contribution in [3.8, 4) is 29.1 Å². The van der Waals surface area contributed by atoms with Crippen LogP contribution in [-0.4, -0.2) is 20.2 Å². The lowest BCUT2D eigenvalue weighted by Crippen LogP contribution is -2.21. The third-order valence-electron chi connectivity index (χ3n) is 5.15. The van der Waals surface area contributed by atoms with Gasteiger partial charge in [0.15, 0.2) is 11.5 Å². The number of nitrogens with two attached hydrogens (primary N) is 1. The van der Waals surface area contributed by atoms with Crippen LogP contribution >= 0.6 is 0 Å². The molecule has 1 aliphatic heterocycles. The van der Waals surface area contributed by atoms with Crippen LogP contribution in [0.2, 0.25) is 0 Å². The fourth-order valence-electron chi connectivity index (χ4n) is 3.61. The molecule has 1 heterocycles. The highest BCUT2D eigenvalue weighted by atomic mass is 16.5. The Morgan fingerprint density at radius 2 is 1.75 bits per heavy atom. The monoisotopic (exact) mass is 428 g/mol. The molecule has 0 saturated carbocycles. The normalized spacial score (nSPS) is 14.6. The molecule has 7 heteroatoms. The first-order valence-electron chi connectivity index (χ1n) is 9.76. The molecule has 0 fully saturated rings. The van der Waals surface area contributed by atoms with Gasteiger partial charge in [0.1, 0.15) is 23.1 Å². The number of fused-ring (bicyclic) bond motifs is 1. The van der Waals surface area contributed by atoms with Gasteiger partial charge in [0.2, 0.25) is 5.88 Å². The number of nitrogens with zero attached hydrogens (tertiary/aromatic N) is 1. The van der Waals surface area contributed by atoms with Crippen LogP contribution < -0.4 is 24.7 Å². The minimum Gasteiger partial charge on any atom is -0.493 e. The van der Waals surface area contributed by atoms with Gasteiger partial charge in [-0.25, -0.2) is 4.79 Å². The summed E-state index contributed by atoms with van der Waals surface area (Å²) in [5, 5.41) is 9.75. The van der Waals surface area contributed by atoms with Crippen molar-refractivity contribution < 1.29 is 23.7 Å². The Morgan fingerprint density at radius 3 is 2.44 bits per heavy atom. The number of esters is 1. The maximum Gasteiger partial charge on any atom is 0.343 e. The van der Waals surface area contributed by atoms with E-state index in [2.05, 4.69) is 6.07 Å². The van der Waals surface area contributed by atoms with E-state index in [-0.39, 0.29) is 11.5 Å². The van der Waals surface area contributed by atoms with E-state index in [1.165, 1.54) is 0 Å². The van der Waals surface area contributed by atoms with E-state index in [9.17, 15) is 10.1 Å². The number of carbonyl (C=O) groups excluding carboxylic acids is 1. The van der Waals surface area contributed by atoms with Crippen molar-refractivity contribution in [3.63, 3.8) is 0 Å². The quantitative estimate of drug-likeness (QED) is 0.481. The van der Waals surface area contributed by atoms with Crippen molar-refractivity contribution in [3.05, 3.63) is 94.9 Å². The van der Waals surface area contributed by atoms with Crippen molar-refractivity contribution in [1.29, 1.82) is 5.26 Å². The Hall–Kier alpha value is -4.44. The van der Waals surface area contributed by atoms with Crippen molar-refractivity contribution in [2.45, 2.75) is 5.92 Å². The molecule has 2 N–H and O–H groups in total. The van der Waals surface area contributed by atoms with Crippen LogP contribution in [0.25, 0.3) is 0 Å². The SMILES string of the molecule is COc1ccc([C@H]2C(C#N)=C(N)Oc3cc(OC(=O)c4ccccc4)ccc32)cc1OC. The molecule has 160 valence electrons. The topological polar surface area (TPSA) is 104 Å². The van der Waals surface area contributed by atoms with Gasteiger partial charge in [-0.1, -0.05) is 30.3 Å². The van der Waals surface area contributed by atoms with Gasteiger partial charge in [0, 0.05) is 11.6 Å². The molecule has 0 spiro atoms. The van der Waals surface area contributed by atoms with E-state index in [0.717, 1.165) is 5.56 Å². The zero-order valence-electron chi connectivity index (χ0n) is 17.5. The first-order valence-corrected chi connectivity index (χ1v) is 9.76. The maximum atomic E-state index is 12.4. The van der Waals surface area contributed by atoms with Gasteiger partial charge in [-0.3, -0.25) is 0 Å². The highest BCUT2D eigenvalue weighted by Gasteiger charge is 2.31. The van der Waals surface area contributed by atoms with Gasteiger partial charge < -0.3 is 24.7 Å². The highest BCUT2D eigenvalue weighted by molar-refractivity contribution is 5.91. The summed E-state index contributed by atoms with van der Waals surface area (Å²) in [6.45, 7) is 0. The molecule has 0 aliphatic carbocycles. The van der Waals surface area contributed by atoms with Gasteiger partial charge in [-0.2, -0.15) is 5.26 Å². The Bertz CT molecular complexity index is 1240. The Labute approximate surface area is 185 Å². The Morgan fingerprint density at radius 1 is 1.00 bits per heavy atom. The summed E-state index contributed by atoms with van der Waals surface area (Å²) < 4.78 is 21.9. The summed E-state index contributed by atoms with van der Waals surface area (Å²) in [6.07, 6.45) is 0. The van der Waals surface area contributed by atoms with Crippen LogP contribution in [0.3, 0.4) is 0 Å². The van der Waals surface area contributed by atoms with Gasteiger partial charge >= 0.3 is 5.97 Å². The molecular formula is C25H20N2O5. The second kappa shape index (κ2) is 8.74. The number of hydrogen-bond acceptors (Lipinski definition) is 7. The predicted molar refractivity (Wildman–Crippen MR) is 117 cm³/mol. The smallest absolute Gasteiger partial charge is 0.343 e. The van der Waals surface area contributed by atoms with E-state index in [1.807, 2.05) is 12.1 Å². The minimum atomic E-state index is -0.487. The summed E-state index contributed by atoms with van der Waals surface area (Å²) in [5.41, 5.74) is 8.27. The molecule has 0 bridgehead atoms. The largest absolute Gasteiger partial charge is 0.493 e. The third kappa shape index (κ3) is 3.82. The average molecular weight is 428 g/mol. The second-order valence-corrected chi connectivity index (χ2v) is 6.99. The van der Waals surface area contributed by atoms with Crippen LogP contribution in [0.5, 0.6) is 23.0 Å². The molecule has 4 rings (SSSR count). The fourth-order valence-corrected chi connectivity index (χ4v) is 3.61. The predicted octanol–water partition coefficient (Wildman–Crippen LogP) is 4.14. The maximum absolute atomic E-state index is 12.4. The molecule has 0 unspecified atom stereocenters. The molecule has 0 aromatic heterocycles. The molecule has 7 nitrogen and oxygen atoms in total. The number of hydrogen-bond donors (Lipinski definition) is 1. The molecule has 1 atom stereocenters. The Kier molecular flexibility index (Phi) is 5.69. The lowest BCUT2D eigenvalue weighted by atomic mass is 9.83. The summed E-state index contributed by atoms with van der Waals surface area (Å²) in [5.74, 6) is 0.828. The minimum absolute atomic E-state index is 0.00804. The fraction of sp³-hybridized carbons (Fsp3) is 0.120. The van der Waals surface area contributed by atoms with Crippen molar-refractivity contribution in [1.82, 2.24) is 0 Å². The Balaban J connectivity index is 1.73. The van der Waals surface area contributed by atoms with Crippen LogP contribution in [0.15, 0.2) is 78.2 Å².